The van der Waals surface area contributed by atoms with Crippen LogP contribution in [0.4, 0.5) is 0 Å². The van der Waals surface area contributed by atoms with Crippen LogP contribution in [0.15, 0.2) is 18.2 Å². The lowest BCUT2D eigenvalue weighted by atomic mass is 9.90. The molecule has 5 heteroatoms. The molecule has 1 atom stereocenters. The number of carbonyl (C=O) groups excluding carboxylic acids is 1. The van der Waals surface area contributed by atoms with Crippen LogP contribution in [-0.4, -0.2) is 42.0 Å². The molecular weight excluding hydrogens is 270 g/mol. The fourth-order valence-corrected chi connectivity index (χ4v) is 2.73. The average molecular weight is 291 g/mol. The van der Waals surface area contributed by atoms with Crippen molar-refractivity contribution in [3.05, 3.63) is 29.3 Å². The van der Waals surface area contributed by atoms with E-state index in [0.29, 0.717) is 25.1 Å². The number of nitrogens with zero attached hydrogens (tertiary/aromatic N) is 1. The summed E-state index contributed by atoms with van der Waals surface area (Å²) in [6.07, 6.45) is 0.636. The lowest BCUT2D eigenvalue weighted by molar-refractivity contribution is -0.147. The number of aliphatic carboxylic acids is 1. The van der Waals surface area contributed by atoms with E-state index in [-0.39, 0.29) is 5.78 Å². The number of methoxy groups -OCH3 is 1. The third-order valence-corrected chi connectivity index (χ3v) is 4.15. The van der Waals surface area contributed by atoms with Crippen molar-refractivity contribution < 1.29 is 19.4 Å². The Morgan fingerprint density at radius 3 is 2.67 bits per heavy atom. The van der Waals surface area contributed by atoms with Crippen molar-refractivity contribution in [1.82, 2.24) is 4.90 Å². The maximum Gasteiger partial charge on any atom is 0.310 e. The van der Waals surface area contributed by atoms with Gasteiger partial charge in [-0.2, -0.15) is 0 Å². The standard InChI is InChI=1S/C16H21NO4/c1-11(18)12-4-5-14(21-3)13(8-12)9-17-7-6-16(2,10-17)15(19)20/h4-5,8H,6-7,9-10H2,1-3H3,(H,19,20). The lowest BCUT2D eigenvalue weighted by Gasteiger charge is -2.21. The van der Waals surface area contributed by atoms with Crippen LogP contribution in [-0.2, 0) is 11.3 Å². The zero-order valence-corrected chi connectivity index (χ0v) is 12.7. The van der Waals surface area contributed by atoms with E-state index in [0.717, 1.165) is 17.9 Å². The molecule has 2 rings (SSSR count). The first-order valence-electron chi connectivity index (χ1n) is 6.99. The minimum Gasteiger partial charge on any atom is -0.496 e. The van der Waals surface area contributed by atoms with Crippen molar-refractivity contribution >= 4 is 11.8 Å². The van der Waals surface area contributed by atoms with Crippen LogP contribution in [0.5, 0.6) is 5.75 Å². The molecule has 5 nitrogen and oxygen atoms in total. The summed E-state index contributed by atoms with van der Waals surface area (Å²) in [5.74, 6) is -0.0194. The summed E-state index contributed by atoms with van der Waals surface area (Å²) < 4.78 is 5.34. The number of carboxylic acid groups (broad SMARTS) is 1. The van der Waals surface area contributed by atoms with E-state index < -0.39 is 11.4 Å². The van der Waals surface area contributed by atoms with Gasteiger partial charge in [-0.25, -0.2) is 0 Å². The Morgan fingerprint density at radius 1 is 1.43 bits per heavy atom. The van der Waals surface area contributed by atoms with E-state index in [1.54, 1.807) is 26.2 Å². The third-order valence-electron chi connectivity index (χ3n) is 4.15. The molecule has 0 saturated carbocycles. The van der Waals surface area contributed by atoms with Gasteiger partial charge in [0.05, 0.1) is 12.5 Å². The van der Waals surface area contributed by atoms with Gasteiger partial charge in [-0.3, -0.25) is 14.5 Å². The van der Waals surface area contributed by atoms with Gasteiger partial charge in [-0.05, 0) is 45.0 Å². The molecule has 1 saturated heterocycles. The summed E-state index contributed by atoms with van der Waals surface area (Å²) in [5.41, 5.74) is 0.872. The van der Waals surface area contributed by atoms with Crippen molar-refractivity contribution in [3.63, 3.8) is 0 Å². The summed E-state index contributed by atoms with van der Waals surface area (Å²) in [7, 11) is 1.59. The Morgan fingerprint density at radius 2 is 2.14 bits per heavy atom. The van der Waals surface area contributed by atoms with Gasteiger partial charge >= 0.3 is 5.97 Å². The van der Waals surface area contributed by atoms with Crippen LogP contribution in [0.25, 0.3) is 0 Å². The predicted molar refractivity (Wildman–Crippen MR) is 78.6 cm³/mol. The van der Waals surface area contributed by atoms with Crippen LogP contribution >= 0.6 is 0 Å². The highest BCUT2D eigenvalue weighted by Gasteiger charge is 2.40. The molecule has 1 aliphatic heterocycles. The minimum atomic E-state index is -0.755. The van der Waals surface area contributed by atoms with Crippen LogP contribution in [0.3, 0.4) is 0 Å². The van der Waals surface area contributed by atoms with Crippen LogP contribution < -0.4 is 4.74 Å². The maximum atomic E-state index is 11.5. The number of Topliss-reactive ketones (excluding diaryl/α,β-unsaturated/α-hetero) is 1. The molecule has 0 spiro atoms. The number of likely N-dealkylation sites (tertiary alicyclic amines) is 1. The topological polar surface area (TPSA) is 66.8 Å². The number of rotatable bonds is 5. The van der Waals surface area contributed by atoms with Gasteiger partial charge in [0.15, 0.2) is 5.78 Å². The summed E-state index contributed by atoms with van der Waals surface area (Å²) in [4.78, 5) is 24.9. The molecule has 0 bridgehead atoms. The van der Waals surface area contributed by atoms with Crippen LogP contribution in [0.2, 0.25) is 0 Å². The van der Waals surface area contributed by atoms with Gasteiger partial charge in [-0.15, -0.1) is 0 Å². The Kier molecular flexibility index (Phi) is 4.32. The van der Waals surface area contributed by atoms with Crippen molar-refractivity contribution in [3.8, 4) is 5.75 Å². The highest BCUT2D eigenvalue weighted by atomic mass is 16.5. The van der Waals surface area contributed by atoms with E-state index in [1.807, 2.05) is 6.07 Å². The summed E-state index contributed by atoms with van der Waals surface area (Å²) >= 11 is 0. The number of ketones is 1. The molecular formula is C16H21NO4. The zero-order valence-electron chi connectivity index (χ0n) is 12.7. The molecule has 21 heavy (non-hydrogen) atoms. The van der Waals surface area contributed by atoms with E-state index in [9.17, 15) is 14.7 Å². The molecule has 0 amide bonds. The highest BCUT2D eigenvalue weighted by molar-refractivity contribution is 5.94. The highest BCUT2D eigenvalue weighted by Crippen LogP contribution is 2.32. The van der Waals surface area contributed by atoms with Gasteiger partial charge in [0.1, 0.15) is 5.75 Å². The smallest absolute Gasteiger partial charge is 0.310 e. The molecule has 114 valence electrons. The minimum absolute atomic E-state index is 0.00991. The molecule has 0 radical (unpaired) electrons. The Bertz CT molecular complexity index is 569. The molecule has 1 aliphatic rings. The predicted octanol–water partition coefficient (Wildman–Crippen LogP) is 2.19. The Balaban J connectivity index is 2.18. The van der Waals surface area contributed by atoms with Gasteiger partial charge in [0.2, 0.25) is 0 Å². The molecule has 1 N–H and O–H groups in total. The van der Waals surface area contributed by atoms with Gasteiger partial charge in [0, 0.05) is 24.2 Å². The number of carbonyl (C=O) groups is 2. The largest absolute Gasteiger partial charge is 0.496 e. The zero-order chi connectivity index (χ0) is 15.6. The van der Waals surface area contributed by atoms with Gasteiger partial charge < -0.3 is 9.84 Å². The number of hydrogen-bond acceptors (Lipinski definition) is 4. The maximum absolute atomic E-state index is 11.5. The van der Waals surface area contributed by atoms with Gasteiger partial charge in [-0.1, -0.05) is 0 Å². The summed E-state index contributed by atoms with van der Waals surface area (Å²) in [6.45, 7) is 5.14. The normalized spacial score (nSPS) is 22.2. The molecule has 1 aromatic carbocycles. The SMILES string of the molecule is COc1ccc(C(C)=O)cc1CN1CCC(C)(C(=O)O)C1. The van der Waals surface area contributed by atoms with Crippen molar-refractivity contribution in [2.45, 2.75) is 26.8 Å². The third kappa shape index (κ3) is 3.24. The fourth-order valence-electron chi connectivity index (χ4n) is 2.73. The number of hydrogen-bond donors (Lipinski definition) is 1. The van der Waals surface area contributed by atoms with E-state index >= 15 is 0 Å². The average Bonchev–Trinajstić information content (AvgIpc) is 2.81. The number of carboxylic acids is 1. The van der Waals surface area contributed by atoms with Crippen molar-refractivity contribution in [2.24, 2.45) is 5.41 Å². The second-order valence-electron chi connectivity index (χ2n) is 5.91. The van der Waals surface area contributed by atoms with Crippen LogP contribution in [0.1, 0.15) is 36.2 Å². The number of benzene rings is 1. The first-order valence-corrected chi connectivity index (χ1v) is 6.99. The lowest BCUT2D eigenvalue weighted by Crippen LogP contribution is -2.31. The summed E-state index contributed by atoms with van der Waals surface area (Å²) in [5, 5.41) is 9.28. The molecule has 0 aliphatic carbocycles. The van der Waals surface area contributed by atoms with E-state index in [2.05, 4.69) is 4.90 Å². The molecule has 1 unspecified atom stereocenters. The van der Waals surface area contributed by atoms with E-state index in [1.165, 1.54) is 6.92 Å². The van der Waals surface area contributed by atoms with E-state index in [4.69, 9.17) is 4.74 Å². The second kappa shape index (κ2) is 5.85. The quantitative estimate of drug-likeness (QED) is 0.842. The molecule has 1 heterocycles. The summed E-state index contributed by atoms with van der Waals surface area (Å²) in [6, 6.07) is 5.37. The fraction of sp³-hybridized carbons (Fsp3) is 0.500. The van der Waals surface area contributed by atoms with Crippen LogP contribution in [0, 0.1) is 5.41 Å². The molecule has 1 aromatic rings. The van der Waals surface area contributed by atoms with Gasteiger partial charge in [0.25, 0.3) is 0 Å². The molecule has 0 aromatic heterocycles. The Labute approximate surface area is 124 Å². The van der Waals surface area contributed by atoms with Crippen molar-refractivity contribution in [2.75, 3.05) is 20.2 Å². The first kappa shape index (κ1) is 15.5. The number of ether oxygens (including phenoxy) is 1. The first-order chi connectivity index (χ1) is 9.85. The second-order valence-corrected chi connectivity index (χ2v) is 5.91. The Hall–Kier alpha value is -1.88. The van der Waals surface area contributed by atoms with Crippen molar-refractivity contribution in [1.29, 1.82) is 0 Å². The molecule has 1 fully saturated rings. The monoisotopic (exact) mass is 291 g/mol.